The van der Waals surface area contributed by atoms with Gasteiger partial charge >= 0.3 is 5.97 Å². The van der Waals surface area contributed by atoms with E-state index < -0.39 is 0 Å². The van der Waals surface area contributed by atoms with Crippen LogP contribution in [-0.2, 0) is 27.5 Å². The number of anilines is 1. The van der Waals surface area contributed by atoms with Crippen LogP contribution in [-0.4, -0.2) is 28.3 Å². The van der Waals surface area contributed by atoms with Gasteiger partial charge in [-0.3, -0.25) is 10.2 Å². The molecule has 0 spiro atoms. The summed E-state index contributed by atoms with van der Waals surface area (Å²) in [5, 5.41) is 5.35. The molecule has 9 rings (SSSR count). The molecular weight excluding hydrogens is 552 g/mol. The number of nitrogens with one attached hydrogen (secondary N) is 2. The van der Waals surface area contributed by atoms with Crippen molar-refractivity contribution in [2.24, 2.45) is 17.8 Å². The maximum absolute atomic E-state index is 13.0. The Morgan fingerprint density at radius 3 is 2.43 bits per heavy atom. The molecule has 1 aromatic heterocycles. The summed E-state index contributed by atoms with van der Waals surface area (Å²) in [5.74, 6) is 4.45. The first kappa shape index (κ1) is 28.3. The number of carbonyl (C=O) groups is 1. The summed E-state index contributed by atoms with van der Waals surface area (Å²) in [6.45, 7) is 1.11. The first-order valence-corrected chi connectivity index (χ1v) is 16.8. The summed E-state index contributed by atoms with van der Waals surface area (Å²) in [5.41, 5.74) is 3.41. The zero-order valence-corrected chi connectivity index (χ0v) is 25.5. The number of aromatic nitrogens is 2. The van der Waals surface area contributed by atoms with Gasteiger partial charge in [-0.15, -0.1) is 0 Å². The Labute approximate surface area is 259 Å². The lowest BCUT2D eigenvalue weighted by molar-refractivity contribution is -0.169. The van der Waals surface area contributed by atoms with Gasteiger partial charge in [0, 0.05) is 5.92 Å². The van der Waals surface area contributed by atoms with Gasteiger partial charge in [-0.1, -0.05) is 61.7 Å². The van der Waals surface area contributed by atoms with Crippen molar-refractivity contribution in [3.8, 4) is 0 Å². The predicted octanol–water partition coefficient (Wildman–Crippen LogP) is 7.30. The van der Waals surface area contributed by atoms with E-state index in [1.54, 1.807) is 6.07 Å². The third-order valence-corrected chi connectivity index (χ3v) is 10.8. The fourth-order valence-electron chi connectivity index (χ4n) is 9.13. The van der Waals surface area contributed by atoms with Crippen molar-refractivity contribution in [2.45, 2.75) is 102 Å². The quantitative estimate of drug-likeness (QED) is 0.251. The number of rotatable bonds is 9. The van der Waals surface area contributed by atoms with E-state index in [4.69, 9.17) is 19.3 Å². The van der Waals surface area contributed by atoms with E-state index in [0.717, 1.165) is 59.1 Å². The lowest BCUT2D eigenvalue weighted by Gasteiger charge is -2.56. The number of carbonyl (C=O) groups excluding carboxylic acids is 1. The van der Waals surface area contributed by atoms with Crippen LogP contribution in [0, 0.1) is 17.8 Å². The number of imidazole rings is 1. The normalized spacial score (nSPS) is 29.8. The number of ether oxygens (including phenoxy) is 2. The smallest absolute Gasteiger partial charge is 0.338 e. The number of esters is 1. The van der Waals surface area contributed by atoms with E-state index in [0.29, 0.717) is 24.8 Å². The first-order chi connectivity index (χ1) is 21.6. The SMILES string of the molecule is O=C(OCc1ccccc1)c1cccc(C2NCON2c2nc(C3CCCCC3)[nH]c2COC23CC4CC(CC(C4)C2)C3)c1. The monoisotopic (exact) mass is 596 g/mol. The predicted molar refractivity (Wildman–Crippen MR) is 166 cm³/mol. The van der Waals surface area contributed by atoms with Crippen LogP contribution >= 0.6 is 0 Å². The van der Waals surface area contributed by atoms with Crippen LogP contribution in [0.3, 0.4) is 0 Å². The number of aromatic amines is 1. The summed E-state index contributed by atoms with van der Waals surface area (Å²) >= 11 is 0. The summed E-state index contributed by atoms with van der Waals surface area (Å²) < 4.78 is 12.6. The minimum absolute atomic E-state index is 0.0140. The van der Waals surface area contributed by atoms with Gasteiger partial charge in [0.25, 0.3) is 0 Å². The third-order valence-electron chi connectivity index (χ3n) is 10.8. The van der Waals surface area contributed by atoms with Gasteiger partial charge in [0.15, 0.2) is 5.82 Å². The van der Waals surface area contributed by atoms with E-state index >= 15 is 0 Å². The average molecular weight is 597 g/mol. The summed E-state index contributed by atoms with van der Waals surface area (Å²) in [6.07, 6.45) is 13.6. The van der Waals surface area contributed by atoms with Gasteiger partial charge in [0.05, 0.1) is 23.5 Å². The zero-order valence-electron chi connectivity index (χ0n) is 25.5. The van der Waals surface area contributed by atoms with Crippen molar-refractivity contribution >= 4 is 11.8 Å². The topological polar surface area (TPSA) is 88.7 Å². The molecule has 1 saturated heterocycles. The molecule has 0 amide bonds. The van der Waals surface area contributed by atoms with Crippen LogP contribution in [0.25, 0.3) is 0 Å². The molecule has 8 nitrogen and oxygen atoms in total. The minimum atomic E-state index is -0.342. The molecule has 1 aliphatic heterocycles. The van der Waals surface area contributed by atoms with Crippen molar-refractivity contribution in [1.82, 2.24) is 15.3 Å². The van der Waals surface area contributed by atoms with E-state index in [9.17, 15) is 4.79 Å². The van der Waals surface area contributed by atoms with Crippen LogP contribution in [0.1, 0.15) is 116 Å². The van der Waals surface area contributed by atoms with Gasteiger partial charge < -0.3 is 14.5 Å². The maximum atomic E-state index is 13.0. The fraction of sp³-hybridized carbons (Fsp3) is 0.556. The molecule has 3 aromatic rings. The standard InChI is InChI=1S/C36H44N4O4/c41-35(42-21-24-8-3-1-4-9-24)30-13-7-12-29(17-30)33-37-23-44-40(33)34-31(38-32(39-34)28-10-5-2-6-11-28)22-43-36-18-25-14-26(19-36)16-27(15-25)20-36/h1,3-4,7-9,12-13,17,25-28,33,37H,2,5-6,10-11,14-16,18-23H2,(H,38,39). The van der Waals surface area contributed by atoms with Crippen molar-refractivity contribution in [3.05, 3.63) is 82.8 Å². The molecule has 44 heavy (non-hydrogen) atoms. The van der Waals surface area contributed by atoms with E-state index in [2.05, 4.69) is 10.3 Å². The van der Waals surface area contributed by atoms with Crippen LogP contribution in [0.2, 0.25) is 0 Å². The van der Waals surface area contributed by atoms with Gasteiger partial charge in [-0.2, -0.15) is 0 Å². The second-order valence-corrected chi connectivity index (χ2v) is 14.0. The van der Waals surface area contributed by atoms with Gasteiger partial charge in [-0.05, 0) is 92.4 Å². The number of nitrogens with zero attached hydrogens (tertiary/aromatic N) is 2. The van der Waals surface area contributed by atoms with Gasteiger partial charge in [0.1, 0.15) is 25.3 Å². The fourth-order valence-corrected chi connectivity index (χ4v) is 9.13. The van der Waals surface area contributed by atoms with Crippen LogP contribution in [0.5, 0.6) is 0 Å². The minimum Gasteiger partial charge on any atom is -0.457 e. The highest BCUT2D eigenvalue weighted by Crippen LogP contribution is 2.57. The molecule has 2 N–H and O–H groups in total. The molecule has 2 aromatic carbocycles. The first-order valence-electron chi connectivity index (χ1n) is 16.8. The number of benzene rings is 2. The molecule has 1 unspecified atom stereocenters. The Kier molecular flexibility index (Phi) is 7.68. The Bertz CT molecular complexity index is 1430. The molecule has 8 heteroatoms. The Hall–Kier alpha value is -3.20. The van der Waals surface area contributed by atoms with E-state index in [-0.39, 0.29) is 24.3 Å². The summed E-state index contributed by atoms with van der Waals surface area (Å²) in [6, 6.07) is 17.4. The van der Waals surface area contributed by atoms with Crippen LogP contribution in [0.4, 0.5) is 5.82 Å². The second kappa shape index (κ2) is 12.0. The molecule has 5 saturated carbocycles. The number of hydrogen-bond donors (Lipinski definition) is 2. The maximum Gasteiger partial charge on any atom is 0.338 e. The molecule has 6 aliphatic rings. The van der Waals surface area contributed by atoms with Crippen molar-refractivity contribution in [1.29, 1.82) is 0 Å². The van der Waals surface area contributed by atoms with Gasteiger partial charge in [-0.25, -0.2) is 14.8 Å². The number of hydrogen-bond acceptors (Lipinski definition) is 7. The highest BCUT2D eigenvalue weighted by molar-refractivity contribution is 5.89. The van der Waals surface area contributed by atoms with Crippen LogP contribution in [0.15, 0.2) is 54.6 Å². The Morgan fingerprint density at radius 1 is 0.932 bits per heavy atom. The zero-order chi connectivity index (χ0) is 29.5. The summed E-state index contributed by atoms with van der Waals surface area (Å²) in [4.78, 5) is 28.2. The molecule has 0 radical (unpaired) electrons. The second-order valence-electron chi connectivity index (χ2n) is 14.0. The summed E-state index contributed by atoms with van der Waals surface area (Å²) in [7, 11) is 0. The van der Waals surface area contributed by atoms with E-state index in [1.165, 1.54) is 57.8 Å². The van der Waals surface area contributed by atoms with Crippen LogP contribution < -0.4 is 10.4 Å². The highest BCUT2D eigenvalue weighted by Gasteiger charge is 2.52. The Balaban J connectivity index is 1.03. The molecule has 5 aliphatic carbocycles. The third kappa shape index (κ3) is 5.68. The molecule has 232 valence electrons. The van der Waals surface area contributed by atoms with Crippen molar-refractivity contribution in [2.75, 3.05) is 11.8 Å². The van der Waals surface area contributed by atoms with Crippen molar-refractivity contribution < 1.29 is 19.1 Å². The lowest BCUT2D eigenvalue weighted by Crippen LogP contribution is -2.51. The largest absolute Gasteiger partial charge is 0.457 e. The molecule has 2 heterocycles. The molecular formula is C36H44N4O4. The van der Waals surface area contributed by atoms with Crippen molar-refractivity contribution in [3.63, 3.8) is 0 Å². The van der Waals surface area contributed by atoms with Gasteiger partial charge in [0.2, 0.25) is 0 Å². The Morgan fingerprint density at radius 2 is 1.68 bits per heavy atom. The molecule has 1 atom stereocenters. The lowest BCUT2D eigenvalue weighted by atomic mass is 9.54. The molecule has 6 fully saturated rings. The number of H-pyrrole nitrogens is 1. The number of hydroxylamine groups is 1. The average Bonchev–Trinajstić information content (AvgIpc) is 3.71. The van der Waals surface area contributed by atoms with E-state index in [1.807, 2.05) is 53.6 Å². The molecule has 4 bridgehead atoms. The highest BCUT2D eigenvalue weighted by atomic mass is 16.7.